The number of hydrogen-bond acceptors (Lipinski definition) is 5. The minimum Gasteiger partial charge on any atom is -0.377 e. The summed E-state index contributed by atoms with van der Waals surface area (Å²) < 4.78 is 13.0. The van der Waals surface area contributed by atoms with Crippen molar-refractivity contribution in [1.29, 1.82) is 0 Å². The summed E-state index contributed by atoms with van der Waals surface area (Å²) in [7, 11) is 1.71. The van der Waals surface area contributed by atoms with E-state index in [0.29, 0.717) is 13.2 Å². The molecule has 1 fully saturated rings. The summed E-state index contributed by atoms with van der Waals surface area (Å²) in [4.78, 5) is 12.9. The van der Waals surface area contributed by atoms with Crippen LogP contribution >= 0.6 is 0 Å². The molecule has 0 aromatic carbocycles. The molecule has 0 spiro atoms. The van der Waals surface area contributed by atoms with Crippen molar-refractivity contribution in [2.75, 3.05) is 20.3 Å². The first-order chi connectivity index (χ1) is 9.29. The second kappa shape index (κ2) is 5.07. The Kier molecular flexibility index (Phi) is 3.27. The van der Waals surface area contributed by atoms with Crippen molar-refractivity contribution in [3.05, 3.63) is 30.5 Å². The van der Waals surface area contributed by atoms with Gasteiger partial charge in [-0.2, -0.15) is 0 Å². The van der Waals surface area contributed by atoms with E-state index in [1.807, 2.05) is 19.2 Å². The largest absolute Gasteiger partial charge is 0.377 e. The molecule has 1 saturated heterocycles. The highest BCUT2D eigenvalue weighted by Gasteiger charge is 2.31. The number of methoxy groups -OCH3 is 1. The van der Waals surface area contributed by atoms with Crippen LogP contribution in [0.3, 0.4) is 0 Å². The lowest BCUT2D eigenvalue weighted by Gasteiger charge is -2.19. The molecule has 6 heteroatoms. The number of aromatic nitrogens is 4. The normalized spacial score (nSPS) is 22.8. The first-order valence-corrected chi connectivity index (χ1v) is 6.23. The summed E-state index contributed by atoms with van der Waals surface area (Å²) in [5, 5.41) is 0. The van der Waals surface area contributed by atoms with E-state index in [1.165, 1.54) is 0 Å². The monoisotopic (exact) mass is 260 g/mol. The molecule has 0 N–H and O–H groups in total. The van der Waals surface area contributed by atoms with Crippen LogP contribution in [0.4, 0.5) is 0 Å². The molecule has 100 valence electrons. The van der Waals surface area contributed by atoms with Gasteiger partial charge in [-0.3, -0.25) is 0 Å². The fourth-order valence-electron chi connectivity index (χ4n) is 2.37. The van der Waals surface area contributed by atoms with Gasteiger partial charge in [0.05, 0.1) is 19.3 Å². The van der Waals surface area contributed by atoms with Crippen molar-refractivity contribution in [1.82, 2.24) is 19.5 Å². The highest BCUT2D eigenvalue weighted by atomic mass is 16.5. The molecule has 2 aromatic rings. The fraction of sp³-hybridized carbons (Fsp3) is 0.462. The molecule has 0 aliphatic carbocycles. The molecule has 1 aliphatic rings. The first kappa shape index (κ1) is 12.3. The summed E-state index contributed by atoms with van der Waals surface area (Å²) in [6.45, 7) is 3.11. The van der Waals surface area contributed by atoms with Gasteiger partial charge in [0, 0.05) is 25.7 Å². The van der Waals surface area contributed by atoms with Crippen molar-refractivity contribution >= 4 is 0 Å². The topological polar surface area (TPSA) is 62.1 Å². The Bertz CT molecular complexity index is 569. The van der Waals surface area contributed by atoms with Crippen molar-refractivity contribution in [2.45, 2.75) is 19.1 Å². The first-order valence-electron chi connectivity index (χ1n) is 6.23. The minimum absolute atomic E-state index is 0.0517. The predicted octanol–water partition coefficient (Wildman–Crippen LogP) is 1.23. The zero-order valence-electron chi connectivity index (χ0n) is 11.0. The van der Waals surface area contributed by atoms with E-state index in [0.717, 1.165) is 17.3 Å². The summed E-state index contributed by atoms with van der Waals surface area (Å²) >= 11 is 0. The molecule has 2 atom stereocenters. The Morgan fingerprint density at radius 3 is 3.00 bits per heavy atom. The van der Waals surface area contributed by atoms with Gasteiger partial charge in [0.15, 0.2) is 5.82 Å². The molecule has 0 radical (unpaired) electrons. The number of hydrogen-bond donors (Lipinski definition) is 0. The molecule has 0 saturated carbocycles. The van der Waals surface area contributed by atoms with Crippen LogP contribution in [0.15, 0.2) is 24.7 Å². The SMILES string of the molecule is CO[C@H]1COC[C@H]1n1ccnc1-c1ccnc(C)n1. The maximum absolute atomic E-state index is 5.49. The van der Waals surface area contributed by atoms with E-state index < -0.39 is 0 Å². The average Bonchev–Trinajstić information content (AvgIpc) is 3.06. The fourth-order valence-corrected chi connectivity index (χ4v) is 2.37. The molecule has 0 unspecified atom stereocenters. The number of imidazole rings is 1. The summed E-state index contributed by atoms with van der Waals surface area (Å²) in [6.07, 6.45) is 5.52. The molecule has 3 heterocycles. The maximum Gasteiger partial charge on any atom is 0.159 e. The van der Waals surface area contributed by atoms with E-state index in [1.54, 1.807) is 19.5 Å². The van der Waals surface area contributed by atoms with Gasteiger partial charge in [0.2, 0.25) is 0 Å². The van der Waals surface area contributed by atoms with Crippen LogP contribution < -0.4 is 0 Å². The van der Waals surface area contributed by atoms with Crippen molar-refractivity contribution < 1.29 is 9.47 Å². The van der Waals surface area contributed by atoms with Gasteiger partial charge in [-0.1, -0.05) is 0 Å². The van der Waals surface area contributed by atoms with Crippen molar-refractivity contribution in [3.8, 4) is 11.5 Å². The van der Waals surface area contributed by atoms with Gasteiger partial charge in [-0.15, -0.1) is 0 Å². The van der Waals surface area contributed by atoms with E-state index >= 15 is 0 Å². The minimum atomic E-state index is 0.0517. The lowest BCUT2D eigenvalue weighted by molar-refractivity contribution is 0.0688. The second-order valence-corrected chi connectivity index (χ2v) is 4.53. The van der Waals surface area contributed by atoms with Gasteiger partial charge in [0.25, 0.3) is 0 Å². The van der Waals surface area contributed by atoms with E-state index in [2.05, 4.69) is 19.5 Å². The predicted molar refractivity (Wildman–Crippen MR) is 68.6 cm³/mol. The van der Waals surface area contributed by atoms with Crippen LogP contribution in [0, 0.1) is 6.92 Å². The lowest BCUT2D eigenvalue weighted by Crippen LogP contribution is -2.24. The third-order valence-electron chi connectivity index (χ3n) is 3.33. The van der Waals surface area contributed by atoms with E-state index in [9.17, 15) is 0 Å². The summed E-state index contributed by atoms with van der Waals surface area (Å²) in [5.74, 6) is 1.56. The maximum atomic E-state index is 5.49. The zero-order valence-corrected chi connectivity index (χ0v) is 11.0. The molecule has 0 amide bonds. The number of ether oxygens (including phenoxy) is 2. The number of nitrogens with zero attached hydrogens (tertiary/aromatic N) is 4. The smallest absolute Gasteiger partial charge is 0.159 e. The van der Waals surface area contributed by atoms with Gasteiger partial charge >= 0.3 is 0 Å². The van der Waals surface area contributed by atoms with E-state index in [4.69, 9.17) is 9.47 Å². The zero-order chi connectivity index (χ0) is 13.2. The number of rotatable bonds is 3. The van der Waals surface area contributed by atoms with Crippen LogP contribution in [0.1, 0.15) is 11.9 Å². The molecule has 6 nitrogen and oxygen atoms in total. The van der Waals surface area contributed by atoms with Crippen LogP contribution in [0.5, 0.6) is 0 Å². The quantitative estimate of drug-likeness (QED) is 0.830. The number of aryl methyl sites for hydroxylation is 1. The Morgan fingerprint density at radius 1 is 1.32 bits per heavy atom. The lowest BCUT2D eigenvalue weighted by atomic mass is 10.2. The standard InChI is InChI=1S/C13H16N4O2/c1-9-14-4-3-10(16-9)13-15-5-6-17(13)11-7-19-8-12(11)18-2/h3-6,11-12H,7-8H2,1-2H3/t11-,12+/m1/s1. The third-order valence-corrected chi connectivity index (χ3v) is 3.33. The van der Waals surface area contributed by atoms with Crippen molar-refractivity contribution in [3.63, 3.8) is 0 Å². The molecule has 1 aliphatic heterocycles. The molecular weight excluding hydrogens is 244 g/mol. The Morgan fingerprint density at radius 2 is 2.21 bits per heavy atom. The molecule has 0 bridgehead atoms. The molecular formula is C13H16N4O2. The van der Waals surface area contributed by atoms with Crippen molar-refractivity contribution in [2.24, 2.45) is 0 Å². The Labute approximate surface area is 111 Å². The van der Waals surface area contributed by atoms with Gasteiger partial charge in [0.1, 0.15) is 17.6 Å². The van der Waals surface area contributed by atoms with Gasteiger partial charge in [-0.05, 0) is 13.0 Å². The Balaban J connectivity index is 1.98. The van der Waals surface area contributed by atoms with Gasteiger partial charge in [-0.25, -0.2) is 15.0 Å². The van der Waals surface area contributed by atoms with Crippen LogP contribution in [-0.4, -0.2) is 45.9 Å². The van der Waals surface area contributed by atoms with Crippen LogP contribution in [0.2, 0.25) is 0 Å². The molecule has 3 rings (SSSR count). The highest BCUT2D eigenvalue weighted by molar-refractivity contribution is 5.49. The molecule has 19 heavy (non-hydrogen) atoms. The van der Waals surface area contributed by atoms with Gasteiger partial charge < -0.3 is 14.0 Å². The highest BCUT2D eigenvalue weighted by Crippen LogP contribution is 2.26. The van der Waals surface area contributed by atoms with Crippen LogP contribution in [-0.2, 0) is 9.47 Å². The van der Waals surface area contributed by atoms with Crippen LogP contribution in [0.25, 0.3) is 11.5 Å². The third kappa shape index (κ3) is 2.24. The average molecular weight is 260 g/mol. The second-order valence-electron chi connectivity index (χ2n) is 4.53. The summed E-state index contributed by atoms with van der Waals surface area (Å²) in [6, 6.07) is 2.00. The molecule has 2 aromatic heterocycles. The Hall–Kier alpha value is -1.79. The summed E-state index contributed by atoms with van der Waals surface area (Å²) in [5.41, 5.74) is 0.819. The van der Waals surface area contributed by atoms with E-state index in [-0.39, 0.29) is 12.1 Å².